The zero-order valence-electron chi connectivity index (χ0n) is 17.5. The Labute approximate surface area is 186 Å². The fourth-order valence-corrected chi connectivity index (χ4v) is 4.03. The van der Waals surface area contributed by atoms with Gasteiger partial charge in [0, 0.05) is 25.1 Å². The van der Waals surface area contributed by atoms with Crippen molar-refractivity contribution in [2.75, 3.05) is 0 Å². The van der Waals surface area contributed by atoms with Crippen molar-refractivity contribution in [3.63, 3.8) is 0 Å². The molecule has 3 aromatic heterocycles. The first-order chi connectivity index (χ1) is 15.1. The van der Waals surface area contributed by atoms with Crippen LogP contribution in [0, 0.1) is 12.3 Å². The van der Waals surface area contributed by atoms with E-state index in [4.69, 9.17) is 10.4 Å². The van der Waals surface area contributed by atoms with E-state index in [1.54, 1.807) is 11.9 Å². The molecule has 4 aromatic rings. The van der Waals surface area contributed by atoms with Crippen LogP contribution in [0.15, 0.2) is 66.1 Å². The number of nitrogens with one attached hydrogen (secondary N) is 2. The summed E-state index contributed by atoms with van der Waals surface area (Å²) in [7, 11) is 0. The monoisotopic (exact) mass is 433 g/mol. The smallest absolute Gasteiger partial charge is 0.137 e. The van der Waals surface area contributed by atoms with E-state index in [1.165, 1.54) is 29.5 Å². The summed E-state index contributed by atoms with van der Waals surface area (Å²) >= 11 is 1.61. The Morgan fingerprint density at radius 3 is 2.68 bits per heavy atom. The van der Waals surface area contributed by atoms with Gasteiger partial charge in [0.25, 0.3) is 0 Å². The third-order valence-electron chi connectivity index (χ3n) is 5.09. The molecule has 0 bridgehead atoms. The summed E-state index contributed by atoms with van der Waals surface area (Å²) in [5.41, 5.74) is 10.4. The Morgan fingerprint density at radius 1 is 1.16 bits per heavy atom. The number of rotatable bonds is 7. The van der Waals surface area contributed by atoms with Gasteiger partial charge in [-0.15, -0.1) is 0 Å². The molecule has 0 radical (unpaired) electrons. The van der Waals surface area contributed by atoms with E-state index in [0.717, 1.165) is 35.0 Å². The molecule has 160 valence electrons. The summed E-state index contributed by atoms with van der Waals surface area (Å²) in [5, 5.41) is 10.3. The molecule has 1 aliphatic carbocycles. The van der Waals surface area contributed by atoms with Gasteiger partial charge in [0.15, 0.2) is 0 Å². The van der Waals surface area contributed by atoms with Gasteiger partial charge in [-0.3, -0.25) is 14.8 Å². The lowest BCUT2D eigenvalue weighted by atomic mass is 10.2. The zero-order valence-corrected chi connectivity index (χ0v) is 18.3. The lowest BCUT2D eigenvalue weighted by Crippen LogP contribution is -2.02. The van der Waals surface area contributed by atoms with Crippen LogP contribution in [0.1, 0.15) is 41.1 Å². The minimum atomic E-state index is 0.680. The summed E-state index contributed by atoms with van der Waals surface area (Å²) in [5.74, 6) is 0.758. The van der Waals surface area contributed by atoms with Gasteiger partial charge in [-0.2, -0.15) is 5.10 Å². The molecule has 1 saturated carbocycles. The summed E-state index contributed by atoms with van der Waals surface area (Å²) in [6, 6.07) is 12.9. The molecule has 0 unspecified atom stereocenters. The second kappa shape index (κ2) is 9.80. The van der Waals surface area contributed by atoms with Gasteiger partial charge < -0.3 is 10.1 Å². The number of aromatic nitrogens is 4. The van der Waals surface area contributed by atoms with Crippen molar-refractivity contribution in [1.82, 2.24) is 23.9 Å². The van der Waals surface area contributed by atoms with Crippen molar-refractivity contribution in [3.05, 3.63) is 83.6 Å². The molecule has 4 N–H and O–H groups in total. The van der Waals surface area contributed by atoms with E-state index in [2.05, 4.69) is 81.9 Å². The second-order valence-electron chi connectivity index (χ2n) is 7.68. The number of hydrogen-bond acceptors (Lipinski definition) is 5. The largest absolute Gasteiger partial charge is 0.390 e. The van der Waals surface area contributed by atoms with Crippen LogP contribution in [0.3, 0.4) is 0 Å². The van der Waals surface area contributed by atoms with Crippen LogP contribution in [0.25, 0.3) is 5.65 Å². The van der Waals surface area contributed by atoms with Crippen LogP contribution in [0.4, 0.5) is 0 Å². The minimum absolute atomic E-state index is 0.680. The fraction of sp³-hybridized carbons (Fsp3) is 0.261. The molecule has 0 saturated heterocycles. The molecule has 0 amide bonds. The van der Waals surface area contributed by atoms with Gasteiger partial charge in [-0.05, 0) is 54.8 Å². The molecule has 0 spiro atoms. The highest BCUT2D eigenvalue weighted by Gasteiger charge is 2.23. The van der Waals surface area contributed by atoms with E-state index in [9.17, 15) is 0 Å². The SMILES string of the molecule is Cc1ccc(CNSc2cnn(Cc3cn4cc(C5CC5)ccc4n3)c2)cc1.N=CN. The molecule has 1 fully saturated rings. The number of nitrogens with two attached hydrogens (primary N) is 1. The topological polar surface area (TPSA) is 97.0 Å². The number of benzene rings is 1. The number of pyridine rings is 1. The minimum Gasteiger partial charge on any atom is -0.390 e. The van der Waals surface area contributed by atoms with Crippen molar-refractivity contribution in [3.8, 4) is 0 Å². The van der Waals surface area contributed by atoms with Crippen LogP contribution in [0.2, 0.25) is 0 Å². The Bertz CT molecular complexity index is 1140. The second-order valence-corrected chi connectivity index (χ2v) is 8.65. The van der Waals surface area contributed by atoms with Crippen molar-refractivity contribution >= 4 is 23.9 Å². The number of aryl methyl sites for hydroxylation is 1. The molecule has 1 aliphatic rings. The van der Waals surface area contributed by atoms with Gasteiger partial charge in [0.2, 0.25) is 0 Å². The normalized spacial score (nSPS) is 13.1. The van der Waals surface area contributed by atoms with E-state index in [1.807, 2.05) is 10.9 Å². The molecule has 7 nitrogen and oxygen atoms in total. The van der Waals surface area contributed by atoms with Gasteiger partial charge in [0.05, 0.1) is 29.7 Å². The van der Waals surface area contributed by atoms with Crippen molar-refractivity contribution in [1.29, 1.82) is 5.41 Å². The maximum Gasteiger partial charge on any atom is 0.137 e. The predicted octanol–water partition coefficient (Wildman–Crippen LogP) is 4.11. The van der Waals surface area contributed by atoms with Gasteiger partial charge in [-0.1, -0.05) is 35.9 Å². The van der Waals surface area contributed by atoms with E-state index >= 15 is 0 Å². The fourth-order valence-electron chi connectivity index (χ4n) is 3.35. The Morgan fingerprint density at radius 2 is 1.94 bits per heavy atom. The summed E-state index contributed by atoms with van der Waals surface area (Å²) in [6.45, 7) is 3.61. The van der Waals surface area contributed by atoms with Crippen molar-refractivity contribution in [2.24, 2.45) is 5.73 Å². The van der Waals surface area contributed by atoms with E-state index in [0.29, 0.717) is 6.54 Å². The maximum atomic E-state index is 5.86. The standard InChI is InChI=1S/C22H23N5S.CH4N2/c1-16-2-4-17(5-3-16)10-24-28-21-11-23-27(15-21)14-20-13-26-12-19(18-6-7-18)8-9-22(26)25-20;2-1-3/h2-5,8-9,11-13,15,18,24H,6-7,10,14H2,1H3;1H,(H3,2,3). The zero-order chi connectivity index (χ0) is 21.6. The molecular formula is C23H27N7S. The number of hydrogen-bond donors (Lipinski definition) is 3. The molecule has 3 heterocycles. The summed E-state index contributed by atoms with van der Waals surface area (Å²) in [4.78, 5) is 5.83. The van der Waals surface area contributed by atoms with Crippen molar-refractivity contribution in [2.45, 2.75) is 43.7 Å². The third-order valence-corrected chi connectivity index (χ3v) is 5.83. The first-order valence-electron chi connectivity index (χ1n) is 10.3. The molecule has 31 heavy (non-hydrogen) atoms. The van der Waals surface area contributed by atoms with Gasteiger partial charge in [0.1, 0.15) is 5.65 Å². The molecule has 8 heteroatoms. The highest BCUT2D eigenvalue weighted by molar-refractivity contribution is 7.97. The number of fused-ring (bicyclic) bond motifs is 1. The Kier molecular flexibility index (Phi) is 6.69. The first kappa shape index (κ1) is 21.1. The Hall–Kier alpha value is -3.10. The quantitative estimate of drug-likeness (QED) is 0.231. The third kappa shape index (κ3) is 5.74. The number of imidazole rings is 1. The van der Waals surface area contributed by atoms with E-state index < -0.39 is 0 Å². The van der Waals surface area contributed by atoms with E-state index in [-0.39, 0.29) is 0 Å². The molecule has 0 atom stereocenters. The summed E-state index contributed by atoms with van der Waals surface area (Å²) < 4.78 is 7.49. The average molecular weight is 434 g/mol. The highest BCUT2D eigenvalue weighted by Crippen LogP contribution is 2.39. The van der Waals surface area contributed by atoms with Gasteiger partial charge in [-0.25, -0.2) is 4.98 Å². The molecule has 0 aliphatic heterocycles. The maximum absolute atomic E-state index is 5.86. The average Bonchev–Trinajstić information content (AvgIpc) is 3.39. The molecule has 1 aromatic carbocycles. The first-order valence-corrected chi connectivity index (χ1v) is 11.1. The van der Waals surface area contributed by atoms with Gasteiger partial charge >= 0.3 is 0 Å². The lowest BCUT2D eigenvalue weighted by molar-refractivity contribution is 0.675. The molecular weight excluding hydrogens is 406 g/mol. The van der Waals surface area contributed by atoms with Crippen LogP contribution in [-0.2, 0) is 13.1 Å². The predicted molar refractivity (Wildman–Crippen MR) is 125 cm³/mol. The van der Waals surface area contributed by atoms with Crippen molar-refractivity contribution < 1.29 is 0 Å². The number of nitrogens with zero attached hydrogens (tertiary/aromatic N) is 4. The van der Waals surface area contributed by atoms with Crippen LogP contribution >= 0.6 is 11.9 Å². The van der Waals surface area contributed by atoms with Crippen LogP contribution in [-0.4, -0.2) is 25.5 Å². The van der Waals surface area contributed by atoms with Crippen LogP contribution < -0.4 is 10.5 Å². The summed E-state index contributed by atoms with van der Waals surface area (Å²) in [6.07, 6.45) is 11.7. The highest BCUT2D eigenvalue weighted by atomic mass is 32.2. The lowest BCUT2D eigenvalue weighted by Gasteiger charge is -2.03. The van der Waals surface area contributed by atoms with Crippen LogP contribution in [0.5, 0.6) is 0 Å². The Balaban J connectivity index is 0.000000730. The molecule has 5 rings (SSSR count).